The van der Waals surface area contributed by atoms with Crippen molar-refractivity contribution < 1.29 is 5.11 Å². The first kappa shape index (κ1) is 15.9. The number of nitrogens with zero attached hydrogens (tertiary/aromatic N) is 1. The van der Waals surface area contributed by atoms with Crippen LogP contribution in [0.15, 0.2) is 0 Å². The highest BCUT2D eigenvalue weighted by Crippen LogP contribution is 2.39. The zero-order valence-electron chi connectivity index (χ0n) is 12.9. The molecule has 3 heteroatoms. The summed E-state index contributed by atoms with van der Waals surface area (Å²) in [5.41, 5.74) is -0.196. The summed E-state index contributed by atoms with van der Waals surface area (Å²) in [5.74, 6) is 0.884. The first-order valence-corrected chi connectivity index (χ1v) is 7.32. The minimum atomic E-state index is -0.600. The molecule has 0 bridgehead atoms. The Hall–Kier alpha value is -0.120. The van der Waals surface area contributed by atoms with Crippen LogP contribution in [0.1, 0.15) is 46.5 Å². The van der Waals surface area contributed by atoms with Crippen molar-refractivity contribution >= 4 is 0 Å². The van der Waals surface area contributed by atoms with E-state index in [1.165, 1.54) is 25.7 Å². The predicted octanol–water partition coefficient (Wildman–Crippen LogP) is 2.10. The molecule has 0 spiro atoms. The van der Waals surface area contributed by atoms with E-state index in [1.807, 2.05) is 13.8 Å². The summed E-state index contributed by atoms with van der Waals surface area (Å²) in [4.78, 5) is 2.30. The van der Waals surface area contributed by atoms with E-state index in [4.69, 9.17) is 0 Å². The van der Waals surface area contributed by atoms with Gasteiger partial charge in [-0.2, -0.15) is 0 Å². The highest BCUT2D eigenvalue weighted by Gasteiger charge is 2.35. The molecule has 1 rings (SSSR count). The van der Waals surface area contributed by atoms with Crippen LogP contribution >= 0.6 is 0 Å². The smallest absolute Gasteiger partial charge is 0.0718 e. The first-order valence-electron chi connectivity index (χ1n) is 7.32. The van der Waals surface area contributed by atoms with E-state index in [0.717, 1.165) is 25.6 Å². The lowest BCUT2D eigenvalue weighted by atomic mass is 9.70. The fourth-order valence-electron chi connectivity index (χ4n) is 3.43. The fourth-order valence-corrected chi connectivity index (χ4v) is 3.43. The van der Waals surface area contributed by atoms with Gasteiger partial charge in [0, 0.05) is 19.6 Å². The van der Waals surface area contributed by atoms with Crippen LogP contribution in [0.3, 0.4) is 0 Å². The summed E-state index contributed by atoms with van der Waals surface area (Å²) >= 11 is 0. The molecule has 0 aliphatic heterocycles. The Morgan fingerprint density at radius 2 is 1.89 bits per heavy atom. The molecule has 0 aromatic rings. The van der Waals surface area contributed by atoms with Gasteiger partial charge in [-0.15, -0.1) is 0 Å². The third-order valence-corrected chi connectivity index (χ3v) is 4.15. The highest BCUT2D eigenvalue weighted by atomic mass is 16.3. The van der Waals surface area contributed by atoms with Gasteiger partial charge in [0.2, 0.25) is 0 Å². The molecule has 1 aliphatic rings. The Balaban J connectivity index is 2.57. The molecule has 1 saturated carbocycles. The first-order chi connectivity index (χ1) is 8.26. The van der Waals surface area contributed by atoms with E-state index in [9.17, 15) is 5.11 Å². The summed E-state index contributed by atoms with van der Waals surface area (Å²) in [6.45, 7) is 9.06. The molecule has 0 aromatic carbocycles. The minimum Gasteiger partial charge on any atom is -0.389 e. The lowest BCUT2D eigenvalue weighted by Gasteiger charge is -2.43. The molecule has 18 heavy (non-hydrogen) atoms. The Kier molecular flexibility index (Phi) is 5.63. The number of hydrogen-bond donors (Lipinski definition) is 2. The summed E-state index contributed by atoms with van der Waals surface area (Å²) < 4.78 is 0. The van der Waals surface area contributed by atoms with Crippen molar-refractivity contribution in [2.75, 3.05) is 33.7 Å². The third kappa shape index (κ3) is 5.25. The molecule has 0 amide bonds. The second-order valence-electron chi connectivity index (χ2n) is 7.20. The van der Waals surface area contributed by atoms with Crippen molar-refractivity contribution in [3.8, 4) is 0 Å². The minimum absolute atomic E-state index is 0.404. The standard InChI is InChI=1S/C15H32N2O/c1-13-6-8-15(9-7-13,10-16-4)12-17(5)11-14(2,3)18/h13,16,18H,6-12H2,1-5H3. The summed E-state index contributed by atoms with van der Waals surface area (Å²) in [6.07, 6.45) is 5.31. The molecule has 3 nitrogen and oxygen atoms in total. The monoisotopic (exact) mass is 256 g/mol. The predicted molar refractivity (Wildman–Crippen MR) is 77.8 cm³/mol. The molecule has 0 heterocycles. The summed E-state index contributed by atoms with van der Waals surface area (Å²) in [5, 5.41) is 13.3. The van der Waals surface area contributed by atoms with Gasteiger partial charge in [-0.3, -0.25) is 0 Å². The maximum Gasteiger partial charge on any atom is 0.0718 e. The van der Waals surface area contributed by atoms with E-state index in [-0.39, 0.29) is 0 Å². The van der Waals surface area contributed by atoms with Gasteiger partial charge in [0.05, 0.1) is 5.60 Å². The summed E-state index contributed by atoms with van der Waals surface area (Å²) in [7, 11) is 4.18. The Morgan fingerprint density at radius 3 is 2.33 bits per heavy atom. The Labute approximate surface area is 113 Å². The van der Waals surface area contributed by atoms with Crippen molar-refractivity contribution in [2.45, 2.75) is 52.1 Å². The van der Waals surface area contributed by atoms with Gasteiger partial charge in [-0.1, -0.05) is 19.8 Å². The van der Waals surface area contributed by atoms with E-state index >= 15 is 0 Å². The van der Waals surface area contributed by atoms with Crippen molar-refractivity contribution in [1.82, 2.24) is 10.2 Å². The number of nitrogens with one attached hydrogen (secondary N) is 1. The van der Waals surface area contributed by atoms with Crippen LogP contribution in [0.5, 0.6) is 0 Å². The van der Waals surface area contributed by atoms with Crippen LogP contribution in [0.25, 0.3) is 0 Å². The molecule has 0 aromatic heterocycles. The van der Waals surface area contributed by atoms with Crippen LogP contribution in [0, 0.1) is 11.3 Å². The molecule has 0 unspecified atom stereocenters. The lowest BCUT2D eigenvalue weighted by molar-refractivity contribution is 0.0203. The van der Waals surface area contributed by atoms with Crippen LogP contribution in [-0.4, -0.2) is 49.3 Å². The van der Waals surface area contributed by atoms with Gasteiger partial charge >= 0.3 is 0 Å². The van der Waals surface area contributed by atoms with Gasteiger partial charge in [-0.25, -0.2) is 0 Å². The van der Waals surface area contributed by atoms with Gasteiger partial charge < -0.3 is 15.3 Å². The molecule has 0 radical (unpaired) electrons. The molecule has 0 saturated heterocycles. The number of hydrogen-bond acceptors (Lipinski definition) is 3. The summed E-state index contributed by atoms with van der Waals surface area (Å²) in [6, 6.07) is 0. The fraction of sp³-hybridized carbons (Fsp3) is 1.00. The number of aliphatic hydroxyl groups is 1. The second-order valence-corrected chi connectivity index (χ2v) is 7.20. The van der Waals surface area contributed by atoms with Crippen LogP contribution in [0.2, 0.25) is 0 Å². The maximum atomic E-state index is 9.92. The normalized spacial score (nSPS) is 29.8. The van der Waals surface area contributed by atoms with E-state index < -0.39 is 5.60 Å². The average Bonchev–Trinajstić information content (AvgIpc) is 2.20. The van der Waals surface area contributed by atoms with E-state index in [0.29, 0.717) is 5.41 Å². The number of rotatable bonds is 6. The Morgan fingerprint density at radius 1 is 1.33 bits per heavy atom. The van der Waals surface area contributed by atoms with Gasteiger partial charge in [0.15, 0.2) is 0 Å². The molecular formula is C15H32N2O. The van der Waals surface area contributed by atoms with Crippen molar-refractivity contribution in [1.29, 1.82) is 0 Å². The molecule has 1 fully saturated rings. The van der Waals surface area contributed by atoms with Crippen molar-refractivity contribution in [2.24, 2.45) is 11.3 Å². The van der Waals surface area contributed by atoms with Crippen molar-refractivity contribution in [3.63, 3.8) is 0 Å². The SMILES string of the molecule is CNCC1(CN(C)CC(C)(C)O)CCC(C)CC1. The zero-order valence-corrected chi connectivity index (χ0v) is 12.9. The quantitative estimate of drug-likeness (QED) is 0.764. The highest BCUT2D eigenvalue weighted by molar-refractivity contribution is 4.89. The van der Waals surface area contributed by atoms with E-state index in [2.05, 4.69) is 31.2 Å². The molecule has 108 valence electrons. The largest absolute Gasteiger partial charge is 0.389 e. The van der Waals surface area contributed by atoms with Crippen LogP contribution in [-0.2, 0) is 0 Å². The van der Waals surface area contributed by atoms with Crippen molar-refractivity contribution in [3.05, 3.63) is 0 Å². The van der Waals surface area contributed by atoms with E-state index in [1.54, 1.807) is 0 Å². The average molecular weight is 256 g/mol. The molecule has 1 aliphatic carbocycles. The molecular weight excluding hydrogens is 224 g/mol. The van der Waals surface area contributed by atoms with Crippen LogP contribution < -0.4 is 5.32 Å². The van der Waals surface area contributed by atoms with Gasteiger partial charge in [0.1, 0.15) is 0 Å². The van der Waals surface area contributed by atoms with Crippen LogP contribution in [0.4, 0.5) is 0 Å². The maximum absolute atomic E-state index is 9.92. The Bertz CT molecular complexity index is 239. The zero-order chi connectivity index (χ0) is 13.8. The molecule has 0 atom stereocenters. The van der Waals surface area contributed by atoms with Gasteiger partial charge in [0.25, 0.3) is 0 Å². The topological polar surface area (TPSA) is 35.5 Å². The second kappa shape index (κ2) is 6.36. The molecule has 2 N–H and O–H groups in total. The third-order valence-electron chi connectivity index (χ3n) is 4.15. The van der Waals surface area contributed by atoms with Gasteiger partial charge in [-0.05, 0) is 52.1 Å². The lowest BCUT2D eigenvalue weighted by Crippen LogP contribution is -2.47. The number of likely N-dealkylation sites (N-methyl/N-ethyl adjacent to an activating group) is 1.